The van der Waals surface area contributed by atoms with Crippen LogP contribution in [0, 0.1) is 18.6 Å². The first-order valence-corrected chi connectivity index (χ1v) is 16.1. The molecule has 1 amide bonds. The molecule has 0 fully saturated rings. The van der Waals surface area contributed by atoms with E-state index < -0.39 is 17.3 Å². The number of carbonyl (C=O) groups excluding carboxylic acids is 1. The lowest BCUT2D eigenvalue weighted by Crippen LogP contribution is -2.26. The number of para-hydroxylation sites is 1. The number of amides is 1. The van der Waals surface area contributed by atoms with E-state index in [0.717, 1.165) is 59.8 Å². The van der Waals surface area contributed by atoms with Gasteiger partial charge in [0.2, 0.25) is 12.4 Å². The molecule has 47 heavy (non-hydrogen) atoms. The molecule has 2 N–H and O–H groups in total. The Kier molecular flexibility index (Phi) is 16.2. The fourth-order valence-electron chi connectivity index (χ4n) is 4.94. The van der Waals surface area contributed by atoms with E-state index in [0.29, 0.717) is 35.7 Å². The Bertz CT molecular complexity index is 1560. The number of anilines is 3. The molecule has 1 aromatic heterocycles. The number of halogens is 2. The van der Waals surface area contributed by atoms with Gasteiger partial charge in [-0.25, -0.2) is 18.8 Å². The maximum atomic E-state index is 15.0. The third kappa shape index (κ3) is 10.1. The summed E-state index contributed by atoms with van der Waals surface area (Å²) in [4.78, 5) is 29.6. The molecular weight excluding hydrogens is 596 g/mol. The number of rotatable bonds is 15. The van der Waals surface area contributed by atoms with E-state index in [9.17, 15) is 4.79 Å². The summed E-state index contributed by atoms with van der Waals surface area (Å²) in [5, 5.41) is 6.51. The number of nitrogens with one attached hydrogen (secondary N) is 2. The summed E-state index contributed by atoms with van der Waals surface area (Å²) in [5.74, 6) is -0.839. The predicted molar refractivity (Wildman–Crippen MR) is 194 cm³/mol. The number of amidine groups is 1. The molecule has 0 atom stereocenters. The lowest BCUT2D eigenvalue weighted by Gasteiger charge is -2.23. The van der Waals surface area contributed by atoms with Crippen LogP contribution in [0.5, 0.6) is 0 Å². The maximum absolute atomic E-state index is 15.0. The largest absolute Gasteiger partial charge is 0.354 e. The zero-order valence-electron chi connectivity index (χ0n) is 29.0. The fraction of sp³-hybridized carbons (Fsp3) is 0.351. The molecule has 0 aliphatic rings. The zero-order valence-corrected chi connectivity index (χ0v) is 29.0. The molecule has 2 aromatic carbocycles. The summed E-state index contributed by atoms with van der Waals surface area (Å²) >= 11 is 0. The number of allylic oxidation sites excluding steroid dienone is 2. The van der Waals surface area contributed by atoms with Gasteiger partial charge in [-0.2, -0.15) is 4.98 Å². The Balaban J connectivity index is 0.00000376. The third-order valence-electron chi connectivity index (χ3n) is 7.26. The van der Waals surface area contributed by atoms with Gasteiger partial charge in [0, 0.05) is 35.1 Å². The second-order valence-electron chi connectivity index (χ2n) is 10.3. The molecule has 3 aromatic rings. The van der Waals surface area contributed by atoms with Gasteiger partial charge in [-0.3, -0.25) is 9.69 Å². The summed E-state index contributed by atoms with van der Waals surface area (Å²) < 4.78 is 30.1. The first kappa shape index (κ1) is 38.5. The standard InChI is InChI=1S/C35H43F2N7O.C2H6/c1-8-15-29-32(28-17-12-16-27(24(28)5)25(6)40-26(7)38-20-9-2)41-35(39-21-14-22-43(10-3)11-4)42-34(29)44(23-45)33-30(36)18-13-19-31(33)37;1-2/h8-9,12-13,15-20,23H,6,10-11,14,21-22H2,1-5,7H3,(H,38,40)(H,39,41,42);1-2H3/b15-8-,20-9-;. The number of carbonyl (C=O) groups is 1. The average molecular weight is 646 g/mol. The van der Waals surface area contributed by atoms with Gasteiger partial charge in [-0.05, 0) is 71.4 Å². The molecule has 0 saturated carbocycles. The van der Waals surface area contributed by atoms with Crippen molar-refractivity contribution in [2.75, 3.05) is 36.4 Å². The van der Waals surface area contributed by atoms with Crippen LogP contribution >= 0.6 is 0 Å². The van der Waals surface area contributed by atoms with E-state index in [-0.39, 0.29) is 11.8 Å². The van der Waals surface area contributed by atoms with Crippen molar-refractivity contribution >= 4 is 41.5 Å². The van der Waals surface area contributed by atoms with Gasteiger partial charge in [0.1, 0.15) is 23.2 Å². The minimum Gasteiger partial charge on any atom is -0.354 e. The fourth-order valence-corrected chi connectivity index (χ4v) is 4.94. The van der Waals surface area contributed by atoms with Crippen LogP contribution in [0.25, 0.3) is 23.0 Å². The average Bonchev–Trinajstić information content (AvgIpc) is 3.07. The van der Waals surface area contributed by atoms with Gasteiger partial charge in [0.25, 0.3) is 0 Å². The van der Waals surface area contributed by atoms with Crippen LogP contribution in [0.2, 0.25) is 0 Å². The van der Waals surface area contributed by atoms with Gasteiger partial charge in [-0.15, -0.1) is 0 Å². The number of aromatic nitrogens is 2. The van der Waals surface area contributed by atoms with Crippen LogP contribution in [0.4, 0.5) is 26.2 Å². The highest BCUT2D eigenvalue weighted by atomic mass is 19.1. The van der Waals surface area contributed by atoms with Crippen LogP contribution in [-0.2, 0) is 4.79 Å². The van der Waals surface area contributed by atoms with Crippen molar-refractivity contribution in [3.63, 3.8) is 0 Å². The maximum Gasteiger partial charge on any atom is 0.225 e. The van der Waals surface area contributed by atoms with Gasteiger partial charge in [-0.1, -0.05) is 76.8 Å². The van der Waals surface area contributed by atoms with Gasteiger partial charge < -0.3 is 15.5 Å². The van der Waals surface area contributed by atoms with Crippen molar-refractivity contribution in [2.24, 2.45) is 4.99 Å². The first-order chi connectivity index (χ1) is 22.7. The van der Waals surface area contributed by atoms with Crippen LogP contribution in [0.3, 0.4) is 0 Å². The number of aliphatic imine (C=N–C) groups is 1. The Morgan fingerprint density at radius 3 is 2.28 bits per heavy atom. The molecule has 0 bridgehead atoms. The lowest BCUT2D eigenvalue weighted by molar-refractivity contribution is -0.106. The van der Waals surface area contributed by atoms with Crippen molar-refractivity contribution in [2.45, 2.75) is 61.8 Å². The molecule has 0 saturated heterocycles. The van der Waals surface area contributed by atoms with Gasteiger partial charge in [0.05, 0.1) is 5.69 Å². The van der Waals surface area contributed by atoms with E-state index in [1.807, 2.05) is 65.8 Å². The van der Waals surface area contributed by atoms with Crippen LogP contribution < -0.4 is 15.5 Å². The second kappa shape index (κ2) is 19.7. The smallest absolute Gasteiger partial charge is 0.225 e. The van der Waals surface area contributed by atoms with Crippen molar-refractivity contribution in [3.8, 4) is 11.3 Å². The molecular formula is C37H49F2N7O. The first-order valence-electron chi connectivity index (χ1n) is 16.1. The quantitative estimate of drug-likeness (QED) is 0.0744. The molecule has 1 heterocycles. The van der Waals surface area contributed by atoms with Crippen molar-refractivity contribution in [3.05, 3.63) is 89.7 Å². The highest BCUT2D eigenvalue weighted by Gasteiger charge is 2.26. The van der Waals surface area contributed by atoms with E-state index in [1.54, 1.807) is 18.4 Å². The normalized spacial score (nSPS) is 11.5. The van der Waals surface area contributed by atoms with E-state index in [2.05, 4.69) is 45.9 Å². The van der Waals surface area contributed by atoms with Gasteiger partial charge in [0.15, 0.2) is 5.82 Å². The predicted octanol–water partition coefficient (Wildman–Crippen LogP) is 8.74. The molecule has 252 valence electrons. The lowest BCUT2D eigenvalue weighted by atomic mass is 9.95. The minimum atomic E-state index is -0.891. The Morgan fingerprint density at radius 1 is 1.02 bits per heavy atom. The van der Waals surface area contributed by atoms with Crippen molar-refractivity contribution < 1.29 is 13.6 Å². The summed E-state index contributed by atoms with van der Waals surface area (Å²) in [7, 11) is 0. The Hall–Kier alpha value is -4.70. The second-order valence-corrected chi connectivity index (χ2v) is 10.3. The van der Waals surface area contributed by atoms with Crippen molar-refractivity contribution in [1.82, 2.24) is 20.2 Å². The molecule has 0 aliphatic carbocycles. The van der Waals surface area contributed by atoms with Crippen LogP contribution in [0.1, 0.15) is 71.6 Å². The molecule has 0 aliphatic heterocycles. The van der Waals surface area contributed by atoms with E-state index in [1.165, 1.54) is 6.07 Å². The number of nitrogens with zero attached hydrogens (tertiary/aromatic N) is 5. The summed E-state index contributed by atoms with van der Waals surface area (Å²) in [6.45, 7) is 23.3. The van der Waals surface area contributed by atoms with Crippen molar-refractivity contribution in [1.29, 1.82) is 0 Å². The highest BCUT2D eigenvalue weighted by molar-refractivity contribution is 5.94. The monoisotopic (exact) mass is 645 g/mol. The molecule has 0 radical (unpaired) electrons. The summed E-state index contributed by atoms with van der Waals surface area (Å²) in [5.41, 5.74) is 3.45. The number of hydrogen-bond acceptors (Lipinski definition) is 6. The van der Waals surface area contributed by atoms with E-state index in [4.69, 9.17) is 4.98 Å². The molecule has 0 unspecified atom stereocenters. The zero-order chi connectivity index (χ0) is 34.9. The Morgan fingerprint density at radius 2 is 1.68 bits per heavy atom. The molecule has 8 nitrogen and oxygen atoms in total. The number of hydrogen-bond donors (Lipinski definition) is 2. The highest BCUT2D eigenvalue weighted by Crippen LogP contribution is 2.38. The third-order valence-corrected chi connectivity index (χ3v) is 7.26. The SMILES string of the molecule is C=C(NC(C)=N/C=C\C)c1cccc(-c2nc(NCCCN(CC)CC)nc(N(C=O)c3c(F)cccc3F)c2/C=C\C)c1C.CC. The summed E-state index contributed by atoms with van der Waals surface area (Å²) in [6, 6.07) is 9.19. The van der Waals surface area contributed by atoms with Gasteiger partial charge >= 0.3 is 0 Å². The molecule has 10 heteroatoms. The molecule has 3 rings (SSSR count). The van der Waals surface area contributed by atoms with E-state index >= 15 is 8.78 Å². The Labute approximate surface area is 279 Å². The summed E-state index contributed by atoms with van der Waals surface area (Å²) in [6.07, 6.45) is 8.21. The van der Waals surface area contributed by atoms with Crippen LogP contribution in [-0.4, -0.2) is 53.3 Å². The molecule has 0 spiro atoms. The topological polar surface area (TPSA) is 85.8 Å². The minimum absolute atomic E-state index is 0.0411. The number of benzene rings is 2. The van der Waals surface area contributed by atoms with Crippen LogP contribution in [0.15, 0.2) is 66.3 Å².